The van der Waals surface area contributed by atoms with Crippen LogP contribution in [0, 0.1) is 6.92 Å². The van der Waals surface area contributed by atoms with Gasteiger partial charge in [-0.15, -0.1) is 0 Å². The minimum atomic E-state index is -2.33. The summed E-state index contributed by atoms with van der Waals surface area (Å²) in [6.07, 6.45) is 0. The van der Waals surface area contributed by atoms with E-state index in [2.05, 4.69) is 98.5 Å². The maximum atomic E-state index is 4.75. The Hall–Kier alpha value is -2.39. The van der Waals surface area contributed by atoms with E-state index in [-0.39, 0.29) is 5.04 Å². The summed E-state index contributed by atoms with van der Waals surface area (Å²) in [7, 11) is -2.33. The molecule has 1 aromatic heterocycles. The molecule has 0 unspecified atom stereocenters. The smallest absolute Gasteiger partial charge is 0.224 e. The molecule has 2 aromatic carbocycles. The average molecular weight is 347 g/mol. The third-order valence-electron chi connectivity index (χ3n) is 4.74. The number of aromatic nitrogens is 1. The van der Waals surface area contributed by atoms with Crippen LogP contribution in [0.3, 0.4) is 0 Å². The summed E-state index contributed by atoms with van der Waals surface area (Å²) in [6.45, 7) is 9.04. The fourth-order valence-electron chi connectivity index (χ4n) is 3.55. The first-order valence-electron chi connectivity index (χ1n) is 8.76. The molecule has 1 N–H and O–H groups in total. The molecule has 0 fully saturated rings. The van der Waals surface area contributed by atoms with Crippen molar-refractivity contribution in [2.75, 3.05) is 4.98 Å². The predicted molar refractivity (Wildman–Crippen MR) is 110 cm³/mol. The van der Waals surface area contributed by atoms with Gasteiger partial charge in [-0.3, -0.25) is 0 Å². The summed E-state index contributed by atoms with van der Waals surface area (Å²) < 4.78 is 0. The summed E-state index contributed by atoms with van der Waals surface area (Å²) >= 11 is 0. The van der Waals surface area contributed by atoms with E-state index >= 15 is 0 Å². The molecule has 0 bridgehead atoms. The number of pyridine rings is 1. The van der Waals surface area contributed by atoms with Crippen LogP contribution in [0.2, 0.25) is 5.04 Å². The number of hydrogen-bond acceptors (Lipinski definition) is 2. The number of hydrogen-bond donors (Lipinski definition) is 1. The maximum absolute atomic E-state index is 4.75. The first-order chi connectivity index (χ1) is 11.9. The largest absolute Gasteiger partial charge is 0.388 e. The fourth-order valence-corrected chi connectivity index (χ4v) is 8.18. The highest BCUT2D eigenvalue weighted by Crippen LogP contribution is 2.36. The number of aryl methyl sites for hydroxylation is 1. The zero-order chi connectivity index (χ0) is 17.9. The van der Waals surface area contributed by atoms with E-state index < -0.39 is 8.24 Å². The van der Waals surface area contributed by atoms with E-state index in [9.17, 15) is 0 Å². The SMILES string of the molecule is Cc1cccc(N[Si](c2ccccc2)(c2ccccc2)C(C)(C)C)n1. The van der Waals surface area contributed by atoms with Gasteiger partial charge in [0.05, 0.1) is 0 Å². The van der Waals surface area contributed by atoms with Gasteiger partial charge in [-0.1, -0.05) is 87.5 Å². The van der Waals surface area contributed by atoms with Crippen molar-refractivity contribution in [1.82, 2.24) is 4.98 Å². The van der Waals surface area contributed by atoms with Crippen molar-refractivity contribution >= 4 is 24.4 Å². The maximum Gasteiger partial charge on any atom is 0.224 e. The Morgan fingerprint density at radius 2 is 1.24 bits per heavy atom. The lowest BCUT2D eigenvalue weighted by atomic mass is 10.2. The normalized spacial score (nSPS) is 12.0. The van der Waals surface area contributed by atoms with Gasteiger partial charge in [0.25, 0.3) is 0 Å². The molecule has 128 valence electrons. The highest BCUT2D eigenvalue weighted by Gasteiger charge is 2.48. The predicted octanol–water partition coefficient (Wildman–Crippen LogP) is 4.36. The monoisotopic (exact) mass is 346 g/mol. The van der Waals surface area contributed by atoms with Gasteiger partial charge >= 0.3 is 0 Å². The van der Waals surface area contributed by atoms with Gasteiger partial charge in [0.1, 0.15) is 5.82 Å². The molecular weight excluding hydrogens is 320 g/mol. The van der Waals surface area contributed by atoms with Crippen molar-refractivity contribution in [1.29, 1.82) is 0 Å². The van der Waals surface area contributed by atoms with Crippen LogP contribution in [-0.4, -0.2) is 13.2 Å². The molecular formula is C22H26N2Si. The second kappa shape index (κ2) is 6.85. The van der Waals surface area contributed by atoms with Crippen molar-refractivity contribution in [3.63, 3.8) is 0 Å². The lowest BCUT2D eigenvalue weighted by Crippen LogP contribution is -2.70. The van der Waals surface area contributed by atoms with E-state index in [4.69, 9.17) is 4.98 Å². The van der Waals surface area contributed by atoms with Crippen molar-refractivity contribution < 1.29 is 0 Å². The van der Waals surface area contributed by atoms with Crippen LogP contribution in [0.25, 0.3) is 0 Å². The number of nitrogens with zero attached hydrogens (tertiary/aromatic N) is 1. The summed E-state index contributed by atoms with van der Waals surface area (Å²) in [5, 5.41) is 2.80. The lowest BCUT2D eigenvalue weighted by molar-refractivity contribution is 0.733. The quantitative estimate of drug-likeness (QED) is 0.710. The third-order valence-corrected chi connectivity index (χ3v) is 10.0. The Labute approximate surface area is 152 Å². The molecule has 0 aliphatic carbocycles. The van der Waals surface area contributed by atoms with Crippen molar-refractivity contribution in [2.24, 2.45) is 0 Å². The van der Waals surface area contributed by atoms with Crippen LogP contribution in [0.15, 0.2) is 78.9 Å². The van der Waals surface area contributed by atoms with Gasteiger partial charge in [-0.2, -0.15) is 0 Å². The summed E-state index contributed by atoms with van der Waals surface area (Å²) in [5.41, 5.74) is 1.03. The van der Waals surface area contributed by atoms with Gasteiger partial charge in [-0.25, -0.2) is 4.98 Å². The Balaban J connectivity index is 2.26. The van der Waals surface area contributed by atoms with E-state index in [1.807, 2.05) is 13.0 Å². The molecule has 3 heteroatoms. The number of rotatable bonds is 4. The molecule has 0 saturated heterocycles. The fraction of sp³-hybridized carbons (Fsp3) is 0.227. The highest BCUT2D eigenvalue weighted by molar-refractivity contribution is 7.06. The lowest BCUT2D eigenvalue weighted by Gasteiger charge is -2.44. The molecule has 1 heterocycles. The van der Waals surface area contributed by atoms with Crippen LogP contribution in [0.1, 0.15) is 26.5 Å². The minimum absolute atomic E-state index is 0.0567. The second-order valence-electron chi connectivity index (χ2n) is 7.52. The Bertz CT molecular complexity index is 784. The molecule has 25 heavy (non-hydrogen) atoms. The topological polar surface area (TPSA) is 24.9 Å². The van der Waals surface area contributed by atoms with Crippen molar-refractivity contribution in [2.45, 2.75) is 32.7 Å². The van der Waals surface area contributed by atoms with Gasteiger partial charge < -0.3 is 4.98 Å². The molecule has 0 spiro atoms. The summed E-state index contributed by atoms with van der Waals surface area (Å²) in [5.74, 6) is 0.953. The van der Waals surface area contributed by atoms with E-state index in [0.29, 0.717) is 0 Å². The molecule has 0 aliphatic heterocycles. The van der Waals surface area contributed by atoms with E-state index in [0.717, 1.165) is 11.5 Å². The van der Waals surface area contributed by atoms with Gasteiger partial charge in [0.15, 0.2) is 0 Å². The Kier molecular flexibility index (Phi) is 4.77. The highest BCUT2D eigenvalue weighted by atomic mass is 28.3. The van der Waals surface area contributed by atoms with Crippen LogP contribution in [-0.2, 0) is 0 Å². The molecule has 3 aromatic rings. The summed E-state index contributed by atoms with van der Waals surface area (Å²) in [4.78, 5) is 8.68. The molecule has 0 radical (unpaired) electrons. The average Bonchev–Trinajstić information content (AvgIpc) is 2.60. The van der Waals surface area contributed by atoms with E-state index in [1.165, 1.54) is 10.4 Å². The minimum Gasteiger partial charge on any atom is -0.388 e. The zero-order valence-electron chi connectivity index (χ0n) is 15.5. The van der Waals surface area contributed by atoms with Gasteiger partial charge in [0, 0.05) is 5.69 Å². The Morgan fingerprint density at radius 3 is 1.68 bits per heavy atom. The second-order valence-corrected chi connectivity index (χ2v) is 11.9. The first kappa shape index (κ1) is 17.4. The molecule has 0 atom stereocenters. The summed E-state index contributed by atoms with van der Waals surface area (Å²) in [6, 6.07) is 27.9. The first-order valence-corrected chi connectivity index (χ1v) is 10.8. The third kappa shape index (κ3) is 3.38. The van der Waals surface area contributed by atoms with Crippen molar-refractivity contribution in [3.8, 4) is 0 Å². The van der Waals surface area contributed by atoms with E-state index in [1.54, 1.807) is 0 Å². The molecule has 0 amide bonds. The van der Waals surface area contributed by atoms with Crippen LogP contribution in [0.4, 0.5) is 5.82 Å². The van der Waals surface area contributed by atoms with Crippen LogP contribution >= 0.6 is 0 Å². The van der Waals surface area contributed by atoms with Crippen LogP contribution in [0.5, 0.6) is 0 Å². The van der Waals surface area contributed by atoms with Crippen LogP contribution < -0.4 is 15.4 Å². The molecule has 3 rings (SSSR count). The van der Waals surface area contributed by atoms with Crippen molar-refractivity contribution in [3.05, 3.63) is 84.6 Å². The number of nitrogens with one attached hydrogen (secondary N) is 1. The number of anilines is 1. The standard InChI is InChI=1S/C22H26N2Si/c1-18-12-11-17-21(23-18)24-25(22(2,3)4,19-13-7-5-8-14-19)20-15-9-6-10-16-20/h5-17H,1-4H3,(H,23,24). The zero-order valence-corrected chi connectivity index (χ0v) is 16.5. The van der Waals surface area contributed by atoms with Gasteiger partial charge in [0.2, 0.25) is 8.24 Å². The Morgan fingerprint density at radius 1 is 0.720 bits per heavy atom. The molecule has 2 nitrogen and oxygen atoms in total. The number of benzene rings is 2. The molecule has 0 aliphatic rings. The molecule has 0 saturated carbocycles. The van der Waals surface area contributed by atoms with Gasteiger partial charge in [-0.05, 0) is 34.5 Å².